The van der Waals surface area contributed by atoms with Crippen LogP contribution in [-0.2, 0) is 14.3 Å². The lowest BCUT2D eigenvalue weighted by atomic mass is 9.49. The predicted molar refractivity (Wildman–Crippen MR) is 119 cm³/mol. The van der Waals surface area contributed by atoms with E-state index in [9.17, 15) is 19.7 Å². The summed E-state index contributed by atoms with van der Waals surface area (Å²) in [5, 5.41) is 15.7. The Bertz CT molecular complexity index is 1030. The maximum absolute atomic E-state index is 12.5. The van der Waals surface area contributed by atoms with Crippen molar-refractivity contribution in [1.29, 1.82) is 0 Å². The fourth-order valence-electron chi connectivity index (χ4n) is 6.41. The Kier molecular flexibility index (Phi) is 5.44. The lowest BCUT2D eigenvalue weighted by Gasteiger charge is -2.56. The van der Waals surface area contributed by atoms with E-state index < -0.39 is 10.8 Å². The molecule has 168 valence electrons. The molecule has 4 bridgehead atoms. The summed E-state index contributed by atoms with van der Waals surface area (Å²) in [6.45, 7) is -0.336. The fraction of sp³-hybridized carbons (Fsp3) is 0.522. The van der Waals surface area contributed by atoms with Gasteiger partial charge in [0.25, 0.3) is 11.6 Å². The minimum Gasteiger partial charge on any atom is -0.456 e. The van der Waals surface area contributed by atoms with Crippen LogP contribution in [0.1, 0.15) is 44.9 Å². The molecule has 1 amide bonds. The Morgan fingerprint density at radius 1 is 1.19 bits per heavy atom. The first kappa shape index (κ1) is 21.1. The number of non-ortho nitro benzene ring substituents is 1. The quantitative estimate of drug-likeness (QED) is 0.364. The van der Waals surface area contributed by atoms with Crippen LogP contribution in [0.4, 0.5) is 10.8 Å². The van der Waals surface area contributed by atoms with Crippen molar-refractivity contribution in [3.8, 4) is 11.3 Å². The molecular weight excluding hydrogens is 430 g/mol. The molecule has 0 atom stereocenters. The maximum Gasteiger partial charge on any atom is 0.306 e. The van der Waals surface area contributed by atoms with Crippen LogP contribution in [0.5, 0.6) is 0 Å². The number of nitro benzene ring substituents is 1. The number of ether oxygens (including phenoxy) is 1. The van der Waals surface area contributed by atoms with Crippen molar-refractivity contribution in [2.24, 2.45) is 23.2 Å². The minimum absolute atomic E-state index is 0.0213. The molecule has 9 heteroatoms. The molecule has 0 spiro atoms. The summed E-state index contributed by atoms with van der Waals surface area (Å²) in [6.07, 6.45) is 7.76. The first-order chi connectivity index (χ1) is 15.4. The van der Waals surface area contributed by atoms with Crippen molar-refractivity contribution in [1.82, 2.24) is 4.98 Å². The molecule has 32 heavy (non-hydrogen) atoms. The molecule has 0 unspecified atom stereocenters. The Balaban J connectivity index is 1.13. The Hall–Kier alpha value is -2.81. The van der Waals surface area contributed by atoms with Crippen LogP contribution in [0.2, 0.25) is 0 Å². The monoisotopic (exact) mass is 455 g/mol. The Morgan fingerprint density at radius 3 is 2.53 bits per heavy atom. The summed E-state index contributed by atoms with van der Waals surface area (Å²) in [7, 11) is 0. The molecule has 1 aromatic carbocycles. The molecule has 1 aromatic heterocycles. The van der Waals surface area contributed by atoms with Gasteiger partial charge in [-0.2, -0.15) is 0 Å². The molecule has 4 fully saturated rings. The number of esters is 1. The van der Waals surface area contributed by atoms with Crippen molar-refractivity contribution >= 4 is 34.0 Å². The SMILES string of the molecule is O=C(COC(=O)CC12CC3CC(CC(C3)C1)C2)Nc1nc(-c2cccc([N+](=O)[O-])c2)cs1. The Labute approximate surface area is 189 Å². The van der Waals surface area contributed by atoms with E-state index in [1.165, 1.54) is 42.7 Å². The maximum atomic E-state index is 12.5. The lowest BCUT2D eigenvalue weighted by molar-refractivity contribution is -0.384. The molecule has 0 saturated heterocycles. The van der Waals surface area contributed by atoms with E-state index >= 15 is 0 Å². The van der Waals surface area contributed by atoms with Gasteiger partial charge < -0.3 is 4.74 Å². The van der Waals surface area contributed by atoms with Crippen LogP contribution >= 0.6 is 11.3 Å². The average molecular weight is 456 g/mol. The van der Waals surface area contributed by atoms with Gasteiger partial charge in [-0.3, -0.25) is 25.0 Å². The molecule has 8 nitrogen and oxygen atoms in total. The predicted octanol–water partition coefficient (Wildman–Crippen LogP) is 4.81. The van der Waals surface area contributed by atoms with Crippen LogP contribution in [0.25, 0.3) is 11.3 Å². The summed E-state index contributed by atoms with van der Waals surface area (Å²) in [6, 6.07) is 6.16. The number of nitro groups is 1. The number of amides is 1. The van der Waals surface area contributed by atoms with Crippen molar-refractivity contribution < 1.29 is 19.2 Å². The smallest absolute Gasteiger partial charge is 0.306 e. The minimum atomic E-state index is -0.462. The molecule has 1 heterocycles. The van der Waals surface area contributed by atoms with Crippen LogP contribution in [-0.4, -0.2) is 28.4 Å². The number of nitrogens with zero attached hydrogens (tertiary/aromatic N) is 2. The van der Waals surface area contributed by atoms with Gasteiger partial charge in [0.15, 0.2) is 11.7 Å². The van der Waals surface area contributed by atoms with Crippen LogP contribution in [0, 0.1) is 33.3 Å². The van der Waals surface area contributed by atoms with Crippen molar-refractivity contribution in [2.75, 3.05) is 11.9 Å². The van der Waals surface area contributed by atoms with Gasteiger partial charge in [-0.05, 0) is 61.7 Å². The zero-order valence-corrected chi connectivity index (χ0v) is 18.4. The first-order valence-corrected chi connectivity index (χ1v) is 11.9. The average Bonchev–Trinajstić information content (AvgIpc) is 3.19. The standard InChI is InChI=1S/C23H25N3O5S/c27-20(25-22-24-19(13-32-22)17-2-1-3-18(7-17)26(29)30)12-31-21(28)11-23-8-14-4-15(9-23)6-16(5-14)10-23/h1-3,7,13-16H,4-6,8-12H2,(H,24,25,27). The van der Waals surface area contributed by atoms with Gasteiger partial charge in [-0.1, -0.05) is 12.1 Å². The summed E-state index contributed by atoms with van der Waals surface area (Å²) in [4.78, 5) is 39.6. The number of rotatable bonds is 7. The second-order valence-electron chi connectivity index (χ2n) is 9.65. The molecule has 0 radical (unpaired) electrons. The summed E-state index contributed by atoms with van der Waals surface area (Å²) < 4.78 is 5.30. The van der Waals surface area contributed by atoms with Crippen molar-refractivity contribution in [3.05, 3.63) is 39.8 Å². The lowest BCUT2D eigenvalue weighted by Crippen LogP contribution is -2.47. The fourth-order valence-corrected chi connectivity index (χ4v) is 7.14. The zero-order chi connectivity index (χ0) is 22.3. The highest BCUT2D eigenvalue weighted by atomic mass is 32.1. The second-order valence-corrected chi connectivity index (χ2v) is 10.5. The van der Waals surface area contributed by atoms with Gasteiger partial charge >= 0.3 is 5.97 Å². The number of hydrogen-bond acceptors (Lipinski definition) is 7. The highest BCUT2D eigenvalue weighted by Gasteiger charge is 2.51. The van der Waals surface area contributed by atoms with Crippen LogP contribution in [0.15, 0.2) is 29.6 Å². The third-order valence-electron chi connectivity index (χ3n) is 7.15. The summed E-state index contributed by atoms with van der Waals surface area (Å²) in [5.74, 6) is 1.56. The number of anilines is 1. The normalized spacial score (nSPS) is 27.8. The molecule has 6 rings (SSSR count). The highest BCUT2D eigenvalue weighted by Crippen LogP contribution is 2.61. The van der Waals surface area contributed by atoms with Gasteiger partial charge in [-0.25, -0.2) is 4.98 Å². The summed E-state index contributed by atoms with van der Waals surface area (Å²) >= 11 is 1.21. The molecule has 0 aliphatic heterocycles. The highest BCUT2D eigenvalue weighted by molar-refractivity contribution is 7.14. The van der Waals surface area contributed by atoms with Gasteiger partial charge in [0, 0.05) is 23.1 Å². The van der Waals surface area contributed by atoms with Crippen molar-refractivity contribution in [2.45, 2.75) is 44.9 Å². The number of hydrogen-bond donors (Lipinski definition) is 1. The molecule has 4 saturated carbocycles. The topological polar surface area (TPSA) is 111 Å². The Morgan fingerprint density at radius 2 is 1.88 bits per heavy atom. The number of carbonyl (C=O) groups is 2. The zero-order valence-electron chi connectivity index (χ0n) is 17.6. The van der Waals surface area contributed by atoms with Gasteiger partial charge in [-0.15, -0.1) is 11.3 Å². The van der Waals surface area contributed by atoms with E-state index in [0.29, 0.717) is 22.8 Å². The number of benzene rings is 1. The third-order valence-corrected chi connectivity index (χ3v) is 7.91. The van der Waals surface area contributed by atoms with Gasteiger partial charge in [0.1, 0.15) is 0 Å². The summed E-state index contributed by atoms with van der Waals surface area (Å²) in [5.41, 5.74) is 1.20. The molecule has 4 aliphatic carbocycles. The van der Waals surface area contributed by atoms with E-state index in [1.807, 2.05) is 0 Å². The second kappa shape index (κ2) is 8.27. The molecular formula is C23H25N3O5S. The largest absolute Gasteiger partial charge is 0.456 e. The number of carbonyl (C=O) groups excluding carboxylic acids is 2. The van der Waals surface area contributed by atoms with Crippen LogP contribution < -0.4 is 5.32 Å². The van der Waals surface area contributed by atoms with Crippen LogP contribution in [0.3, 0.4) is 0 Å². The number of thiazole rings is 1. The van der Waals surface area contributed by atoms with E-state index in [4.69, 9.17) is 4.74 Å². The third kappa shape index (κ3) is 4.39. The van der Waals surface area contributed by atoms with Crippen molar-refractivity contribution in [3.63, 3.8) is 0 Å². The van der Waals surface area contributed by atoms with E-state index in [0.717, 1.165) is 37.0 Å². The van der Waals surface area contributed by atoms with E-state index in [2.05, 4.69) is 10.3 Å². The first-order valence-electron chi connectivity index (χ1n) is 11.0. The number of nitrogens with one attached hydrogen (secondary N) is 1. The van der Waals surface area contributed by atoms with Gasteiger partial charge in [0.05, 0.1) is 17.0 Å². The molecule has 1 N–H and O–H groups in total. The molecule has 2 aromatic rings. The van der Waals surface area contributed by atoms with E-state index in [1.54, 1.807) is 17.5 Å². The van der Waals surface area contributed by atoms with Gasteiger partial charge in [0.2, 0.25) is 0 Å². The molecule has 4 aliphatic rings. The number of aromatic nitrogens is 1. The van der Waals surface area contributed by atoms with E-state index in [-0.39, 0.29) is 23.7 Å².